The number of carbonyl (C=O) groups is 2. The van der Waals surface area contributed by atoms with Crippen LogP contribution in [0.4, 0.5) is 0 Å². The molecule has 0 unspecified atom stereocenters. The van der Waals surface area contributed by atoms with E-state index in [2.05, 4.69) is 5.32 Å². The molecule has 0 bridgehead atoms. The normalized spacial score (nSPS) is 11.5. The minimum Gasteiger partial charge on any atom is -0.452 e. The zero-order chi connectivity index (χ0) is 21.7. The van der Waals surface area contributed by atoms with E-state index in [9.17, 15) is 14.9 Å². The summed E-state index contributed by atoms with van der Waals surface area (Å²) in [5.74, 6) is -0.695. The van der Waals surface area contributed by atoms with E-state index in [0.29, 0.717) is 6.42 Å². The number of nitrogens with one attached hydrogen (secondary N) is 1. The van der Waals surface area contributed by atoms with Crippen LogP contribution < -0.4 is 5.32 Å². The first-order valence-electron chi connectivity index (χ1n) is 9.64. The molecule has 3 aromatic rings. The highest BCUT2D eigenvalue weighted by Crippen LogP contribution is 2.26. The third kappa shape index (κ3) is 4.44. The van der Waals surface area contributed by atoms with Crippen molar-refractivity contribution in [1.82, 2.24) is 9.88 Å². The van der Waals surface area contributed by atoms with Gasteiger partial charge in [0, 0.05) is 12.4 Å². The van der Waals surface area contributed by atoms with Gasteiger partial charge in [0.1, 0.15) is 23.0 Å². The summed E-state index contributed by atoms with van der Waals surface area (Å²) < 4.78 is 12.4. The number of aryl methyl sites for hydroxylation is 2. The Bertz CT molecular complexity index is 1070. The van der Waals surface area contributed by atoms with Crippen molar-refractivity contribution < 1.29 is 18.7 Å². The molecule has 2 aromatic heterocycles. The van der Waals surface area contributed by atoms with Crippen LogP contribution in [0.2, 0.25) is 0 Å². The van der Waals surface area contributed by atoms with Crippen LogP contribution in [0.3, 0.4) is 0 Å². The number of carbonyl (C=O) groups excluding carboxylic acids is 2. The standard InChI is InChI=1S/C23H23N3O4/c1-4-19(17-9-7-15(2)8-10-17)25-20(27)14-29-23(28)21-16(3)30-22(18(21)13-24)26-11-5-6-12-26/h5-12,19H,4,14H2,1-3H3,(H,25,27)/t19-/m1/s1. The first-order chi connectivity index (χ1) is 14.4. The summed E-state index contributed by atoms with van der Waals surface area (Å²) in [6, 6.07) is 13.3. The smallest absolute Gasteiger partial charge is 0.343 e. The van der Waals surface area contributed by atoms with Crippen LogP contribution in [0.1, 0.15) is 52.2 Å². The van der Waals surface area contributed by atoms with Crippen LogP contribution in [-0.4, -0.2) is 23.1 Å². The van der Waals surface area contributed by atoms with Gasteiger partial charge >= 0.3 is 5.97 Å². The average molecular weight is 405 g/mol. The molecule has 0 saturated carbocycles. The highest BCUT2D eigenvalue weighted by atomic mass is 16.5. The summed E-state index contributed by atoms with van der Waals surface area (Å²) in [6.07, 6.45) is 4.11. The molecule has 0 aliphatic carbocycles. The number of esters is 1. The Balaban J connectivity index is 1.67. The second-order valence-corrected chi connectivity index (χ2v) is 6.93. The van der Waals surface area contributed by atoms with E-state index in [4.69, 9.17) is 9.15 Å². The van der Waals surface area contributed by atoms with Gasteiger partial charge in [0.2, 0.25) is 5.88 Å². The molecule has 0 aliphatic heterocycles. The van der Waals surface area contributed by atoms with E-state index in [1.165, 1.54) is 0 Å². The fourth-order valence-electron chi connectivity index (χ4n) is 3.19. The molecule has 1 amide bonds. The largest absolute Gasteiger partial charge is 0.452 e. The molecular weight excluding hydrogens is 382 g/mol. The summed E-state index contributed by atoms with van der Waals surface area (Å²) in [4.78, 5) is 24.9. The number of hydrogen-bond donors (Lipinski definition) is 1. The fourth-order valence-corrected chi connectivity index (χ4v) is 3.19. The van der Waals surface area contributed by atoms with E-state index in [1.807, 2.05) is 44.2 Å². The number of hydrogen-bond acceptors (Lipinski definition) is 5. The quantitative estimate of drug-likeness (QED) is 0.600. The van der Waals surface area contributed by atoms with Crippen molar-refractivity contribution in [3.8, 4) is 12.0 Å². The Morgan fingerprint density at radius 1 is 1.20 bits per heavy atom. The van der Waals surface area contributed by atoms with E-state index >= 15 is 0 Å². The van der Waals surface area contributed by atoms with Gasteiger partial charge < -0.3 is 14.5 Å². The zero-order valence-electron chi connectivity index (χ0n) is 17.1. The lowest BCUT2D eigenvalue weighted by molar-refractivity contribution is -0.125. The predicted molar refractivity (Wildman–Crippen MR) is 110 cm³/mol. The average Bonchev–Trinajstić information content (AvgIpc) is 3.38. The van der Waals surface area contributed by atoms with Gasteiger partial charge in [-0.2, -0.15) is 5.26 Å². The molecule has 30 heavy (non-hydrogen) atoms. The topological polar surface area (TPSA) is 97.3 Å². The molecule has 0 spiro atoms. The molecular formula is C23H23N3O4. The predicted octanol–water partition coefficient (Wildman–Crippen LogP) is 3.98. The number of nitriles is 1. The van der Waals surface area contributed by atoms with Crippen molar-refractivity contribution in [2.45, 2.75) is 33.2 Å². The number of benzene rings is 1. The van der Waals surface area contributed by atoms with Crippen LogP contribution in [0.15, 0.2) is 53.2 Å². The molecule has 2 heterocycles. The van der Waals surface area contributed by atoms with Gasteiger partial charge in [-0.25, -0.2) is 4.79 Å². The summed E-state index contributed by atoms with van der Waals surface area (Å²) in [5.41, 5.74) is 2.22. The van der Waals surface area contributed by atoms with Gasteiger partial charge in [0.15, 0.2) is 6.61 Å². The number of nitrogens with zero attached hydrogens (tertiary/aromatic N) is 2. The molecule has 0 aliphatic rings. The molecule has 7 nitrogen and oxygen atoms in total. The van der Waals surface area contributed by atoms with Crippen molar-refractivity contribution in [2.24, 2.45) is 0 Å². The lowest BCUT2D eigenvalue weighted by atomic mass is 10.0. The summed E-state index contributed by atoms with van der Waals surface area (Å²) >= 11 is 0. The van der Waals surface area contributed by atoms with Crippen LogP contribution in [-0.2, 0) is 9.53 Å². The number of ether oxygens (including phenoxy) is 1. The van der Waals surface area contributed by atoms with E-state index in [0.717, 1.165) is 11.1 Å². The first kappa shape index (κ1) is 20.9. The minimum atomic E-state index is -0.773. The van der Waals surface area contributed by atoms with Gasteiger partial charge in [0.25, 0.3) is 5.91 Å². The monoisotopic (exact) mass is 405 g/mol. The van der Waals surface area contributed by atoms with Crippen LogP contribution in [0.25, 0.3) is 5.88 Å². The van der Waals surface area contributed by atoms with Crippen molar-refractivity contribution in [2.75, 3.05) is 6.61 Å². The van der Waals surface area contributed by atoms with Crippen LogP contribution in [0.5, 0.6) is 0 Å². The SMILES string of the molecule is CC[C@@H](NC(=O)COC(=O)c1c(C)oc(-n2cccc2)c1C#N)c1ccc(C)cc1. The van der Waals surface area contributed by atoms with Crippen molar-refractivity contribution in [1.29, 1.82) is 5.26 Å². The van der Waals surface area contributed by atoms with Crippen LogP contribution in [0, 0.1) is 25.2 Å². The molecule has 0 radical (unpaired) electrons. The third-order valence-corrected chi connectivity index (χ3v) is 4.78. The summed E-state index contributed by atoms with van der Waals surface area (Å²) in [5, 5.41) is 12.4. The van der Waals surface area contributed by atoms with Crippen LogP contribution >= 0.6 is 0 Å². The van der Waals surface area contributed by atoms with E-state index in [1.54, 1.807) is 36.0 Å². The molecule has 1 aromatic carbocycles. The fraction of sp³-hybridized carbons (Fsp3) is 0.261. The van der Waals surface area contributed by atoms with E-state index < -0.39 is 18.5 Å². The highest BCUT2D eigenvalue weighted by molar-refractivity contribution is 5.95. The van der Waals surface area contributed by atoms with E-state index in [-0.39, 0.29) is 28.8 Å². The Kier molecular flexibility index (Phi) is 6.38. The molecule has 0 saturated heterocycles. The van der Waals surface area contributed by atoms with Gasteiger partial charge in [-0.15, -0.1) is 0 Å². The van der Waals surface area contributed by atoms with Gasteiger partial charge in [0.05, 0.1) is 6.04 Å². The third-order valence-electron chi connectivity index (χ3n) is 4.78. The minimum absolute atomic E-state index is 0.0274. The van der Waals surface area contributed by atoms with Crippen molar-refractivity contribution in [3.63, 3.8) is 0 Å². The maximum absolute atomic E-state index is 12.6. The number of amides is 1. The Morgan fingerprint density at radius 2 is 1.87 bits per heavy atom. The lowest BCUT2D eigenvalue weighted by Crippen LogP contribution is -2.32. The Hall–Kier alpha value is -3.79. The van der Waals surface area contributed by atoms with Gasteiger partial charge in [-0.1, -0.05) is 36.8 Å². The molecule has 1 atom stereocenters. The highest BCUT2D eigenvalue weighted by Gasteiger charge is 2.26. The maximum Gasteiger partial charge on any atom is 0.343 e. The number of rotatable bonds is 7. The second-order valence-electron chi connectivity index (χ2n) is 6.93. The van der Waals surface area contributed by atoms with Crippen molar-refractivity contribution in [3.05, 3.63) is 76.8 Å². The molecule has 7 heteroatoms. The summed E-state index contributed by atoms with van der Waals surface area (Å²) in [7, 11) is 0. The van der Waals surface area contributed by atoms with Gasteiger partial charge in [-0.3, -0.25) is 9.36 Å². The summed E-state index contributed by atoms with van der Waals surface area (Å²) in [6.45, 7) is 5.09. The van der Waals surface area contributed by atoms with Gasteiger partial charge in [-0.05, 0) is 38.0 Å². The number of aromatic nitrogens is 1. The maximum atomic E-state index is 12.6. The van der Waals surface area contributed by atoms with Crippen molar-refractivity contribution >= 4 is 11.9 Å². The molecule has 1 N–H and O–H groups in total. The second kappa shape index (κ2) is 9.14. The lowest BCUT2D eigenvalue weighted by Gasteiger charge is -2.17. The molecule has 154 valence electrons. The first-order valence-corrected chi connectivity index (χ1v) is 9.64. The molecule has 3 rings (SSSR count). The number of furan rings is 1. The Morgan fingerprint density at radius 3 is 2.47 bits per heavy atom. The Labute approximate surface area is 174 Å². The zero-order valence-corrected chi connectivity index (χ0v) is 17.1. The molecule has 0 fully saturated rings.